The van der Waals surface area contributed by atoms with E-state index >= 15 is 0 Å². The molecule has 12 heteroatoms. The maximum Gasteiger partial charge on any atom is 0.416 e. The second kappa shape index (κ2) is 7.92. The van der Waals surface area contributed by atoms with Gasteiger partial charge in [0.1, 0.15) is 28.0 Å². The molecule has 0 saturated heterocycles. The SMILES string of the molecule is CS(=O)NC(=O)c1cc(Oc2ccc(C(F)(F)F)cc2Cl)ccc1[N+](=O)[O-]. The Labute approximate surface area is 157 Å². The van der Waals surface area contributed by atoms with Crippen molar-refractivity contribution in [2.45, 2.75) is 6.18 Å². The maximum atomic E-state index is 12.7. The molecule has 0 saturated carbocycles. The van der Waals surface area contributed by atoms with E-state index in [9.17, 15) is 32.3 Å². The van der Waals surface area contributed by atoms with Gasteiger partial charge in [0.05, 0.1) is 15.5 Å². The molecular weight excluding hydrogens is 413 g/mol. The number of carbonyl (C=O) groups excluding carboxylic acids is 1. The first-order valence-corrected chi connectivity index (χ1v) is 8.90. The molecule has 1 unspecified atom stereocenters. The van der Waals surface area contributed by atoms with Crippen LogP contribution in [0.15, 0.2) is 36.4 Å². The summed E-state index contributed by atoms with van der Waals surface area (Å²) in [7, 11) is -1.77. The van der Waals surface area contributed by atoms with Gasteiger partial charge in [0, 0.05) is 18.4 Å². The van der Waals surface area contributed by atoms with Crippen molar-refractivity contribution in [2.75, 3.05) is 6.26 Å². The molecule has 27 heavy (non-hydrogen) atoms. The Balaban J connectivity index is 2.38. The first-order valence-electron chi connectivity index (χ1n) is 6.96. The molecule has 0 radical (unpaired) electrons. The number of nitro benzene ring substituents is 1. The summed E-state index contributed by atoms with van der Waals surface area (Å²) in [5.74, 6) is -1.22. The van der Waals surface area contributed by atoms with Crippen LogP contribution in [-0.2, 0) is 17.2 Å². The van der Waals surface area contributed by atoms with Crippen LogP contribution in [0.3, 0.4) is 0 Å². The van der Waals surface area contributed by atoms with Gasteiger partial charge in [-0.3, -0.25) is 19.6 Å². The van der Waals surface area contributed by atoms with E-state index < -0.39 is 44.8 Å². The van der Waals surface area contributed by atoms with Crippen molar-refractivity contribution in [3.8, 4) is 11.5 Å². The minimum atomic E-state index is -4.59. The second-order valence-corrected chi connectivity index (χ2v) is 6.59. The summed E-state index contributed by atoms with van der Waals surface area (Å²) >= 11 is 5.79. The number of nitrogens with zero attached hydrogens (tertiary/aromatic N) is 1. The Morgan fingerprint density at radius 3 is 2.44 bits per heavy atom. The third kappa shape index (κ3) is 5.17. The van der Waals surface area contributed by atoms with Gasteiger partial charge in [-0.15, -0.1) is 0 Å². The van der Waals surface area contributed by atoms with Crippen molar-refractivity contribution < 1.29 is 31.8 Å². The smallest absolute Gasteiger partial charge is 0.416 e. The molecular formula is C15H10ClF3N2O5S. The third-order valence-electron chi connectivity index (χ3n) is 3.13. The zero-order chi connectivity index (χ0) is 20.4. The van der Waals surface area contributed by atoms with Crippen LogP contribution in [0.1, 0.15) is 15.9 Å². The van der Waals surface area contributed by atoms with Crippen molar-refractivity contribution in [3.05, 3.63) is 62.7 Å². The topological polar surface area (TPSA) is 98.5 Å². The predicted octanol–water partition coefficient (Wildman–Crippen LogP) is 4.08. The first kappa shape index (κ1) is 20.6. The number of ether oxygens (including phenoxy) is 1. The molecule has 0 aliphatic rings. The number of benzene rings is 2. The van der Waals surface area contributed by atoms with Crippen molar-refractivity contribution in [3.63, 3.8) is 0 Å². The van der Waals surface area contributed by atoms with Crippen molar-refractivity contribution in [2.24, 2.45) is 0 Å². The second-order valence-electron chi connectivity index (χ2n) is 5.07. The summed E-state index contributed by atoms with van der Waals surface area (Å²) in [5.41, 5.74) is -1.98. The number of halogens is 4. The lowest BCUT2D eigenvalue weighted by atomic mass is 10.1. The molecule has 2 aromatic carbocycles. The molecule has 2 rings (SSSR count). The molecule has 0 spiro atoms. The van der Waals surface area contributed by atoms with Crippen LogP contribution in [0.4, 0.5) is 18.9 Å². The highest BCUT2D eigenvalue weighted by molar-refractivity contribution is 7.82. The third-order valence-corrected chi connectivity index (χ3v) is 3.90. The minimum Gasteiger partial charge on any atom is -0.456 e. The highest BCUT2D eigenvalue weighted by Gasteiger charge is 2.31. The molecule has 0 bridgehead atoms. The van der Waals surface area contributed by atoms with Crippen molar-refractivity contribution in [1.82, 2.24) is 4.72 Å². The number of amides is 1. The maximum absolute atomic E-state index is 12.7. The van der Waals surface area contributed by atoms with E-state index in [4.69, 9.17) is 16.3 Å². The number of alkyl halides is 3. The van der Waals surface area contributed by atoms with E-state index in [0.29, 0.717) is 6.07 Å². The summed E-state index contributed by atoms with van der Waals surface area (Å²) in [6.45, 7) is 0. The van der Waals surface area contributed by atoms with Crippen LogP contribution < -0.4 is 9.46 Å². The lowest BCUT2D eigenvalue weighted by Gasteiger charge is -2.12. The summed E-state index contributed by atoms with van der Waals surface area (Å²) in [6.07, 6.45) is -3.43. The van der Waals surface area contributed by atoms with Gasteiger partial charge < -0.3 is 4.74 Å². The highest BCUT2D eigenvalue weighted by atomic mass is 35.5. The fraction of sp³-hybridized carbons (Fsp3) is 0.133. The van der Waals surface area contributed by atoms with Crippen LogP contribution >= 0.6 is 11.6 Å². The number of rotatable bonds is 5. The molecule has 0 heterocycles. The Morgan fingerprint density at radius 2 is 1.93 bits per heavy atom. The number of nitrogens with one attached hydrogen (secondary N) is 1. The van der Waals surface area contributed by atoms with E-state index in [1.165, 1.54) is 0 Å². The van der Waals surface area contributed by atoms with Crippen LogP contribution in [-0.4, -0.2) is 21.3 Å². The molecule has 1 atom stereocenters. The molecule has 7 nitrogen and oxygen atoms in total. The quantitative estimate of drug-likeness (QED) is 0.578. The Morgan fingerprint density at radius 1 is 1.26 bits per heavy atom. The average Bonchev–Trinajstić information content (AvgIpc) is 2.54. The lowest BCUT2D eigenvalue weighted by molar-refractivity contribution is -0.385. The largest absolute Gasteiger partial charge is 0.456 e. The molecule has 0 aromatic heterocycles. The van der Waals surface area contributed by atoms with Crippen LogP contribution in [0, 0.1) is 10.1 Å². The Hall–Kier alpha value is -2.66. The van der Waals surface area contributed by atoms with Crippen molar-refractivity contribution in [1.29, 1.82) is 0 Å². The molecule has 2 aromatic rings. The van der Waals surface area contributed by atoms with E-state index in [0.717, 1.165) is 36.6 Å². The number of hydrogen-bond acceptors (Lipinski definition) is 5. The zero-order valence-corrected chi connectivity index (χ0v) is 14.9. The molecule has 0 aliphatic heterocycles. The highest BCUT2D eigenvalue weighted by Crippen LogP contribution is 2.37. The normalized spacial score (nSPS) is 12.3. The zero-order valence-electron chi connectivity index (χ0n) is 13.4. The van der Waals surface area contributed by atoms with Crippen LogP contribution in [0.25, 0.3) is 0 Å². The molecule has 1 N–H and O–H groups in total. The Bertz CT molecular complexity index is 936. The number of nitro groups is 1. The van der Waals surface area contributed by atoms with Gasteiger partial charge in [0.2, 0.25) is 0 Å². The van der Waals surface area contributed by atoms with Gasteiger partial charge >= 0.3 is 6.18 Å². The molecule has 0 fully saturated rings. The monoisotopic (exact) mass is 422 g/mol. The van der Waals surface area contributed by atoms with Gasteiger partial charge in [-0.25, -0.2) is 4.21 Å². The average molecular weight is 423 g/mol. The summed E-state index contributed by atoms with van der Waals surface area (Å²) < 4.78 is 56.4. The summed E-state index contributed by atoms with van der Waals surface area (Å²) in [4.78, 5) is 22.2. The fourth-order valence-electron chi connectivity index (χ4n) is 1.99. The number of carbonyl (C=O) groups is 1. The van der Waals surface area contributed by atoms with Crippen molar-refractivity contribution >= 4 is 34.2 Å². The molecule has 144 valence electrons. The van der Waals surface area contributed by atoms with Crippen LogP contribution in [0.2, 0.25) is 5.02 Å². The molecule has 1 amide bonds. The Kier molecular flexibility index (Phi) is 6.06. The van der Waals surface area contributed by atoms with E-state index in [1.807, 2.05) is 4.72 Å². The fourth-order valence-corrected chi connectivity index (χ4v) is 2.58. The van der Waals surface area contributed by atoms with E-state index in [2.05, 4.69) is 0 Å². The first-order chi connectivity index (χ1) is 12.5. The molecule has 0 aliphatic carbocycles. The standard InChI is InChI=1S/C15H10ClF3N2O5S/c1-27(25)20-14(22)10-7-9(3-4-12(10)21(23)24)26-13-5-2-8(6-11(13)16)15(17,18)19/h2-7H,1H3,(H,20,22). The predicted molar refractivity (Wildman–Crippen MR) is 91.2 cm³/mol. The van der Waals surface area contributed by atoms with Gasteiger partial charge in [-0.2, -0.15) is 13.2 Å². The van der Waals surface area contributed by atoms with Gasteiger partial charge in [0.15, 0.2) is 0 Å². The van der Waals surface area contributed by atoms with E-state index in [-0.39, 0.29) is 16.5 Å². The number of hydrogen-bond donors (Lipinski definition) is 1. The van der Waals surface area contributed by atoms with Gasteiger partial charge in [-0.1, -0.05) is 11.6 Å². The van der Waals surface area contributed by atoms with Gasteiger partial charge in [0.25, 0.3) is 11.6 Å². The van der Waals surface area contributed by atoms with Gasteiger partial charge in [-0.05, 0) is 24.3 Å². The minimum absolute atomic E-state index is 0.0886. The summed E-state index contributed by atoms with van der Waals surface area (Å²) in [6, 6.07) is 5.50. The van der Waals surface area contributed by atoms with E-state index in [1.54, 1.807) is 0 Å². The lowest BCUT2D eigenvalue weighted by Crippen LogP contribution is -2.25. The van der Waals surface area contributed by atoms with Crippen LogP contribution in [0.5, 0.6) is 11.5 Å². The summed E-state index contributed by atoms with van der Waals surface area (Å²) in [5, 5.41) is 10.7.